The number of oxazole rings is 1. The largest absolute Gasteiger partial charge is 0.444 e. The Morgan fingerprint density at radius 3 is 2.80 bits per heavy atom. The SMILES string of the molecule is Cc1cc(NC(=O)CSCc2coc(-c3ccccc3)n2)n(-c2cccc(Cl)c2)n1. The van der Waals surface area contributed by atoms with Gasteiger partial charge in [0, 0.05) is 22.4 Å². The molecule has 0 saturated heterocycles. The predicted molar refractivity (Wildman–Crippen MR) is 120 cm³/mol. The number of aromatic nitrogens is 3. The molecule has 0 aliphatic carbocycles. The van der Waals surface area contributed by atoms with Crippen molar-refractivity contribution in [3.8, 4) is 17.1 Å². The molecule has 0 spiro atoms. The summed E-state index contributed by atoms with van der Waals surface area (Å²) in [6.45, 7) is 1.88. The zero-order chi connectivity index (χ0) is 20.9. The van der Waals surface area contributed by atoms with Gasteiger partial charge in [0.2, 0.25) is 11.8 Å². The maximum atomic E-state index is 12.4. The number of nitrogens with one attached hydrogen (secondary N) is 1. The first-order chi connectivity index (χ1) is 14.6. The molecule has 0 aliphatic rings. The summed E-state index contributed by atoms with van der Waals surface area (Å²) >= 11 is 7.55. The molecule has 0 aliphatic heterocycles. The molecular weight excluding hydrogens is 420 g/mol. The molecule has 6 nitrogen and oxygen atoms in total. The molecule has 1 N–H and O–H groups in total. The summed E-state index contributed by atoms with van der Waals surface area (Å²) < 4.78 is 7.21. The molecule has 4 rings (SSSR count). The molecule has 1 amide bonds. The molecule has 2 aromatic carbocycles. The second-order valence-corrected chi connectivity index (χ2v) is 8.04. The third-order valence-electron chi connectivity index (χ3n) is 4.21. The Morgan fingerprint density at radius 2 is 2.00 bits per heavy atom. The summed E-state index contributed by atoms with van der Waals surface area (Å²) in [4.78, 5) is 16.9. The zero-order valence-corrected chi connectivity index (χ0v) is 17.8. The summed E-state index contributed by atoms with van der Waals surface area (Å²) in [5, 5.41) is 7.98. The lowest BCUT2D eigenvalue weighted by molar-refractivity contribution is -0.113. The van der Waals surface area contributed by atoms with E-state index in [1.807, 2.05) is 55.5 Å². The molecule has 152 valence electrons. The van der Waals surface area contributed by atoms with Crippen molar-refractivity contribution >= 4 is 35.1 Å². The fourth-order valence-corrected chi connectivity index (χ4v) is 3.79. The number of carbonyl (C=O) groups excluding carboxylic acids is 1. The topological polar surface area (TPSA) is 73.0 Å². The Bertz CT molecular complexity index is 1160. The Hall–Kier alpha value is -3.03. The van der Waals surface area contributed by atoms with Crippen LogP contribution in [0, 0.1) is 6.92 Å². The van der Waals surface area contributed by atoms with Crippen molar-refractivity contribution in [3.63, 3.8) is 0 Å². The lowest BCUT2D eigenvalue weighted by atomic mass is 10.2. The summed E-state index contributed by atoms with van der Waals surface area (Å²) in [5.41, 5.74) is 3.31. The molecule has 0 radical (unpaired) electrons. The normalized spacial score (nSPS) is 10.9. The number of aryl methyl sites for hydroxylation is 1. The highest BCUT2D eigenvalue weighted by atomic mass is 35.5. The standard InChI is InChI=1S/C22H19ClN4O2S/c1-15-10-20(27(26-15)19-9-5-8-17(23)11-19)25-21(28)14-30-13-18-12-29-22(24-18)16-6-3-2-4-7-16/h2-12H,13-14H2,1H3,(H,25,28). The molecule has 0 unspecified atom stereocenters. The van der Waals surface area contributed by atoms with Crippen molar-refractivity contribution in [1.82, 2.24) is 14.8 Å². The van der Waals surface area contributed by atoms with Gasteiger partial charge < -0.3 is 9.73 Å². The molecule has 0 atom stereocenters. The first-order valence-electron chi connectivity index (χ1n) is 9.28. The Balaban J connectivity index is 1.34. The molecular formula is C22H19ClN4O2S. The minimum absolute atomic E-state index is 0.116. The van der Waals surface area contributed by atoms with Crippen molar-refractivity contribution < 1.29 is 9.21 Å². The third kappa shape index (κ3) is 4.93. The average Bonchev–Trinajstić information content (AvgIpc) is 3.35. The Morgan fingerprint density at radius 1 is 1.17 bits per heavy atom. The fourth-order valence-electron chi connectivity index (χ4n) is 2.91. The van der Waals surface area contributed by atoms with Crippen molar-refractivity contribution in [3.05, 3.63) is 83.3 Å². The number of carbonyl (C=O) groups is 1. The number of anilines is 1. The van der Waals surface area contributed by atoms with Gasteiger partial charge in [0.25, 0.3) is 0 Å². The van der Waals surface area contributed by atoms with Crippen LogP contribution >= 0.6 is 23.4 Å². The smallest absolute Gasteiger partial charge is 0.235 e. The number of halogens is 1. The van der Waals surface area contributed by atoms with E-state index < -0.39 is 0 Å². The van der Waals surface area contributed by atoms with Gasteiger partial charge in [-0.2, -0.15) is 5.10 Å². The third-order valence-corrected chi connectivity index (χ3v) is 5.41. The molecule has 2 heterocycles. The minimum Gasteiger partial charge on any atom is -0.444 e. The summed E-state index contributed by atoms with van der Waals surface area (Å²) in [6, 6.07) is 18.9. The van der Waals surface area contributed by atoms with E-state index in [1.54, 1.807) is 23.1 Å². The monoisotopic (exact) mass is 438 g/mol. The van der Waals surface area contributed by atoms with E-state index in [1.165, 1.54) is 11.8 Å². The van der Waals surface area contributed by atoms with Crippen LogP contribution in [0.5, 0.6) is 0 Å². The van der Waals surface area contributed by atoms with E-state index in [0.29, 0.717) is 22.5 Å². The summed E-state index contributed by atoms with van der Waals surface area (Å²) in [5.74, 6) is 1.93. The van der Waals surface area contributed by atoms with Gasteiger partial charge in [0.15, 0.2) is 0 Å². The number of hydrogen-bond donors (Lipinski definition) is 1. The van der Waals surface area contributed by atoms with Crippen LogP contribution in [0.25, 0.3) is 17.1 Å². The Labute approximate surface area is 183 Å². The zero-order valence-electron chi connectivity index (χ0n) is 16.2. The molecule has 0 saturated carbocycles. The van der Waals surface area contributed by atoms with Gasteiger partial charge in [0.1, 0.15) is 12.1 Å². The highest BCUT2D eigenvalue weighted by Crippen LogP contribution is 2.22. The van der Waals surface area contributed by atoms with Crippen LogP contribution < -0.4 is 5.32 Å². The quantitative estimate of drug-likeness (QED) is 0.420. The lowest BCUT2D eigenvalue weighted by Gasteiger charge is -2.09. The second kappa shape index (κ2) is 9.19. The fraction of sp³-hybridized carbons (Fsp3) is 0.136. The van der Waals surface area contributed by atoms with Crippen molar-refractivity contribution in [1.29, 1.82) is 0 Å². The molecule has 8 heteroatoms. The average molecular weight is 439 g/mol. The van der Waals surface area contributed by atoms with E-state index in [2.05, 4.69) is 15.4 Å². The predicted octanol–water partition coefficient (Wildman–Crippen LogP) is 5.36. The van der Waals surface area contributed by atoms with E-state index in [-0.39, 0.29) is 11.7 Å². The summed E-state index contributed by atoms with van der Waals surface area (Å²) in [7, 11) is 0. The highest BCUT2D eigenvalue weighted by molar-refractivity contribution is 7.99. The van der Waals surface area contributed by atoms with E-state index in [0.717, 1.165) is 22.6 Å². The molecule has 0 bridgehead atoms. The molecule has 4 aromatic rings. The number of nitrogens with zero attached hydrogens (tertiary/aromatic N) is 3. The van der Waals surface area contributed by atoms with Gasteiger partial charge in [0.05, 0.1) is 22.8 Å². The van der Waals surface area contributed by atoms with E-state index >= 15 is 0 Å². The number of hydrogen-bond acceptors (Lipinski definition) is 5. The van der Waals surface area contributed by atoms with Crippen molar-refractivity contribution in [2.24, 2.45) is 0 Å². The van der Waals surface area contributed by atoms with Gasteiger partial charge in [-0.25, -0.2) is 9.67 Å². The summed E-state index contributed by atoms with van der Waals surface area (Å²) in [6.07, 6.45) is 1.63. The maximum absolute atomic E-state index is 12.4. The van der Waals surface area contributed by atoms with Crippen LogP contribution in [-0.4, -0.2) is 26.4 Å². The minimum atomic E-state index is -0.116. The second-order valence-electron chi connectivity index (χ2n) is 6.61. The van der Waals surface area contributed by atoms with Gasteiger partial charge in [-0.3, -0.25) is 4.79 Å². The molecule has 0 fully saturated rings. The van der Waals surface area contributed by atoms with E-state index in [4.69, 9.17) is 16.0 Å². The molecule has 2 aromatic heterocycles. The lowest BCUT2D eigenvalue weighted by Crippen LogP contribution is -2.17. The number of amides is 1. The van der Waals surface area contributed by atoms with Gasteiger partial charge in [-0.1, -0.05) is 35.9 Å². The van der Waals surface area contributed by atoms with Crippen molar-refractivity contribution in [2.45, 2.75) is 12.7 Å². The number of benzene rings is 2. The van der Waals surface area contributed by atoms with Crippen LogP contribution in [0.2, 0.25) is 5.02 Å². The highest BCUT2D eigenvalue weighted by Gasteiger charge is 2.12. The van der Waals surface area contributed by atoms with Gasteiger partial charge >= 0.3 is 0 Å². The van der Waals surface area contributed by atoms with Crippen LogP contribution in [0.1, 0.15) is 11.4 Å². The molecule has 30 heavy (non-hydrogen) atoms. The van der Waals surface area contributed by atoms with Gasteiger partial charge in [-0.05, 0) is 37.3 Å². The number of thioether (sulfide) groups is 1. The first-order valence-corrected chi connectivity index (χ1v) is 10.8. The van der Waals surface area contributed by atoms with Crippen LogP contribution in [0.3, 0.4) is 0 Å². The Kier molecular flexibility index (Phi) is 6.21. The van der Waals surface area contributed by atoms with Gasteiger partial charge in [-0.15, -0.1) is 11.8 Å². The number of rotatable bonds is 7. The first kappa shape index (κ1) is 20.3. The van der Waals surface area contributed by atoms with Crippen LogP contribution in [0.4, 0.5) is 5.82 Å². The maximum Gasteiger partial charge on any atom is 0.235 e. The van der Waals surface area contributed by atoms with E-state index in [9.17, 15) is 4.79 Å². The van der Waals surface area contributed by atoms with Crippen LogP contribution in [0.15, 0.2) is 71.3 Å². The van der Waals surface area contributed by atoms with Crippen molar-refractivity contribution in [2.75, 3.05) is 11.1 Å². The van der Waals surface area contributed by atoms with Crippen LogP contribution in [-0.2, 0) is 10.5 Å².